The average Bonchev–Trinajstić information content (AvgIpc) is 2.68. The van der Waals surface area contributed by atoms with Crippen LogP contribution in [0, 0.1) is 12.8 Å². The van der Waals surface area contributed by atoms with Crippen LogP contribution in [0.2, 0.25) is 0 Å². The summed E-state index contributed by atoms with van der Waals surface area (Å²) in [5.41, 5.74) is 1.24. The third-order valence-electron chi connectivity index (χ3n) is 2.96. The zero-order valence-electron chi connectivity index (χ0n) is 12.8. The Hall–Kier alpha value is -1.85. The molecular formula is C14H23N3O3. The van der Waals surface area contributed by atoms with Gasteiger partial charge in [0.25, 0.3) is 5.91 Å². The highest BCUT2D eigenvalue weighted by Gasteiger charge is 2.23. The quantitative estimate of drug-likeness (QED) is 0.864. The average molecular weight is 281 g/mol. The SMILES string of the molecule is Cc1c(C(=O)N(CC(=O)O)CC(C)C)cnn1C(C)C. The van der Waals surface area contributed by atoms with E-state index in [-0.39, 0.29) is 24.4 Å². The van der Waals surface area contributed by atoms with Gasteiger partial charge in [0.2, 0.25) is 0 Å². The van der Waals surface area contributed by atoms with Crippen LogP contribution in [-0.2, 0) is 4.79 Å². The van der Waals surface area contributed by atoms with Crippen molar-refractivity contribution in [2.24, 2.45) is 5.92 Å². The molecule has 0 aliphatic heterocycles. The van der Waals surface area contributed by atoms with Gasteiger partial charge in [0.1, 0.15) is 6.54 Å². The molecule has 0 unspecified atom stereocenters. The lowest BCUT2D eigenvalue weighted by Gasteiger charge is -2.22. The Bertz CT molecular complexity index is 492. The molecule has 0 aliphatic rings. The maximum Gasteiger partial charge on any atom is 0.323 e. The van der Waals surface area contributed by atoms with Crippen molar-refractivity contribution in [2.45, 2.75) is 40.7 Å². The van der Waals surface area contributed by atoms with Gasteiger partial charge in [-0.2, -0.15) is 5.10 Å². The number of nitrogens with zero attached hydrogens (tertiary/aromatic N) is 3. The van der Waals surface area contributed by atoms with E-state index in [1.807, 2.05) is 34.6 Å². The van der Waals surface area contributed by atoms with Crippen molar-refractivity contribution in [3.05, 3.63) is 17.5 Å². The lowest BCUT2D eigenvalue weighted by molar-refractivity contribution is -0.137. The Balaban J connectivity index is 3.02. The van der Waals surface area contributed by atoms with Crippen molar-refractivity contribution in [3.63, 3.8) is 0 Å². The van der Waals surface area contributed by atoms with Gasteiger partial charge in [0, 0.05) is 18.3 Å². The zero-order chi connectivity index (χ0) is 15.4. The predicted octanol–water partition coefficient (Wildman–Crippen LogP) is 1.96. The van der Waals surface area contributed by atoms with E-state index in [0.717, 1.165) is 5.69 Å². The number of hydrogen-bond acceptors (Lipinski definition) is 3. The lowest BCUT2D eigenvalue weighted by Crippen LogP contribution is -2.38. The highest BCUT2D eigenvalue weighted by molar-refractivity contribution is 5.96. The fourth-order valence-corrected chi connectivity index (χ4v) is 2.15. The van der Waals surface area contributed by atoms with Crippen LogP contribution in [0.15, 0.2) is 6.20 Å². The first-order valence-corrected chi connectivity index (χ1v) is 6.79. The van der Waals surface area contributed by atoms with Gasteiger partial charge in [-0.25, -0.2) is 0 Å². The maximum atomic E-state index is 12.5. The summed E-state index contributed by atoms with van der Waals surface area (Å²) < 4.78 is 1.77. The van der Waals surface area contributed by atoms with E-state index in [9.17, 15) is 9.59 Å². The molecule has 0 saturated heterocycles. The minimum absolute atomic E-state index is 0.162. The zero-order valence-corrected chi connectivity index (χ0v) is 12.8. The van der Waals surface area contributed by atoms with Gasteiger partial charge in [-0.3, -0.25) is 14.3 Å². The Morgan fingerprint density at radius 1 is 1.35 bits per heavy atom. The lowest BCUT2D eigenvalue weighted by atomic mass is 10.1. The summed E-state index contributed by atoms with van der Waals surface area (Å²) in [5, 5.41) is 13.1. The number of hydrogen-bond donors (Lipinski definition) is 1. The van der Waals surface area contributed by atoms with Crippen LogP contribution >= 0.6 is 0 Å². The van der Waals surface area contributed by atoms with Crippen LogP contribution in [0.5, 0.6) is 0 Å². The molecule has 0 bridgehead atoms. The molecule has 0 radical (unpaired) electrons. The summed E-state index contributed by atoms with van der Waals surface area (Å²) in [6.45, 7) is 9.82. The summed E-state index contributed by atoms with van der Waals surface area (Å²) in [6.07, 6.45) is 1.52. The van der Waals surface area contributed by atoms with Crippen LogP contribution in [0.4, 0.5) is 0 Å². The number of rotatable bonds is 6. The molecule has 0 atom stereocenters. The van der Waals surface area contributed by atoms with Crippen LogP contribution in [-0.4, -0.2) is 44.8 Å². The van der Waals surface area contributed by atoms with E-state index in [0.29, 0.717) is 12.1 Å². The molecule has 1 amide bonds. The van der Waals surface area contributed by atoms with Crippen molar-refractivity contribution in [1.29, 1.82) is 0 Å². The van der Waals surface area contributed by atoms with E-state index in [1.54, 1.807) is 4.68 Å². The van der Waals surface area contributed by atoms with Crippen molar-refractivity contribution < 1.29 is 14.7 Å². The normalized spacial score (nSPS) is 11.2. The van der Waals surface area contributed by atoms with Gasteiger partial charge >= 0.3 is 5.97 Å². The summed E-state index contributed by atoms with van der Waals surface area (Å²) in [4.78, 5) is 24.8. The summed E-state index contributed by atoms with van der Waals surface area (Å²) in [7, 11) is 0. The van der Waals surface area contributed by atoms with Gasteiger partial charge in [0.05, 0.1) is 11.8 Å². The first-order chi connectivity index (χ1) is 9.23. The molecule has 1 rings (SSSR count). The third kappa shape index (κ3) is 3.82. The number of carboxylic acid groups (broad SMARTS) is 1. The van der Waals surface area contributed by atoms with E-state index in [4.69, 9.17) is 5.11 Å². The molecule has 0 saturated carbocycles. The Labute approximate surface area is 119 Å². The second-order valence-corrected chi connectivity index (χ2v) is 5.66. The van der Waals surface area contributed by atoms with Crippen molar-refractivity contribution in [3.8, 4) is 0 Å². The number of carboxylic acids is 1. The van der Waals surface area contributed by atoms with E-state index < -0.39 is 5.97 Å². The van der Waals surface area contributed by atoms with E-state index in [2.05, 4.69) is 5.10 Å². The predicted molar refractivity (Wildman–Crippen MR) is 75.7 cm³/mol. The summed E-state index contributed by atoms with van der Waals surface area (Å²) in [6, 6.07) is 0.162. The molecule has 0 spiro atoms. The Kier molecular flexibility index (Phi) is 5.30. The molecule has 0 aliphatic carbocycles. The topological polar surface area (TPSA) is 75.4 Å². The smallest absolute Gasteiger partial charge is 0.323 e. The maximum absolute atomic E-state index is 12.5. The molecule has 20 heavy (non-hydrogen) atoms. The molecule has 0 aromatic carbocycles. The summed E-state index contributed by atoms with van der Waals surface area (Å²) in [5.74, 6) is -1.07. The number of aromatic nitrogens is 2. The minimum Gasteiger partial charge on any atom is -0.480 e. The number of aliphatic carboxylic acids is 1. The molecule has 0 fully saturated rings. The molecule has 112 valence electrons. The molecule has 1 aromatic rings. The van der Waals surface area contributed by atoms with E-state index in [1.165, 1.54) is 11.1 Å². The summed E-state index contributed by atoms with van der Waals surface area (Å²) >= 11 is 0. The van der Waals surface area contributed by atoms with Crippen molar-refractivity contribution >= 4 is 11.9 Å². The molecule has 1 aromatic heterocycles. The van der Waals surface area contributed by atoms with E-state index >= 15 is 0 Å². The van der Waals surface area contributed by atoms with Gasteiger partial charge in [-0.15, -0.1) is 0 Å². The van der Waals surface area contributed by atoms with Crippen LogP contribution < -0.4 is 0 Å². The second-order valence-electron chi connectivity index (χ2n) is 5.66. The molecular weight excluding hydrogens is 258 g/mol. The largest absolute Gasteiger partial charge is 0.480 e. The van der Waals surface area contributed by atoms with Gasteiger partial charge < -0.3 is 10.0 Å². The molecule has 6 nitrogen and oxygen atoms in total. The first-order valence-electron chi connectivity index (χ1n) is 6.79. The Morgan fingerprint density at radius 3 is 2.35 bits per heavy atom. The Morgan fingerprint density at radius 2 is 1.95 bits per heavy atom. The number of amides is 1. The number of carbonyl (C=O) groups is 2. The molecule has 6 heteroatoms. The number of carbonyl (C=O) groups excluding carboxylic acids is 1. The monoisotopic (exact) mass is 281 g/mol. The van der Waals surface area contributed by atoms with Gasteiger partial charge in [0.15, 0.2) is 0 Å². The molecule has 1 N–H and O–H groups in total. The van der Waals surface area contributed by atoms with Gasteiger partial charge in [-0.1, -0.05) is 13.8 Å². The molecule has 1 heterocycles. The van der Waals surface area contributed by atoms with Crippen LogP contribution in [0.3, 0.4) is 0 Å². The third-order valence-corrected chi connectivity index (χ3v) is 2.96. The first kappa shape index (κ1) is 16.2. The minimum atomic E-state index is -1.01. The van der Waals surface area contributed by atoms with Gasteiger partial charge in [-0.05, 0) is 26.7 Å². The van der Waals surface area contributed by atoms with Crippen molar-refractivity contribution in [1.82, 2.24) is 14.7 Å². The standard InChI is InChI=1S/C14H23N3O3/c1-9(2)7-16(8-13(18)19)14(20)12-6-15-17(10(3)4)11(12)5/h6,9-10H,7-8H2,1-5H3,(H,18,19). The highest BCUT2D eigenvalue weighted by atomic mass is 16.4. The second kappa shape index (κ2) is 6.54. The fourth-order valence-electron chi connectivity index (χ4n) is 2.15. The van der Waals surface area contributed by atoms with Crippen LogP contribution in [0.1, 0.15) is 49.8 Å². The fraction of sp³-hybridized carbons (Fsp3) is 0.643. The van der Waals surface area contributed by atoms with Crippen molar-refractivity contribution in [2.75, 3.05) is 13.1 Å². The van der Waals surface area contributed by atoms with Crippen LogP contribution in [0.25, 0.3) is 0 Å². The highest BCUT2D eigenvalue weighted by Crippen LogP contribution is 2.15.